The van der Waals surface area contributed by atoms with Gasteiger partial charge in [0.1, 0.15) is 5.75 Å². The van der Waals surface area contributed by atoms with Gasteiger partial charge in [0.15, 0.2) is 0 Å². The zero-order valence-electron chi connectivity index (χ0n) is 16.7. The molecule has 0 unspecified atom stereocenters. The van der Waals surface area contributed by atoms with Crippen molar-refractivity contribution in [3.63, 3.8) is 0 Å². The van der Waals surface area contributed by atoms with Crippen molar-refractivity contribution in [2.24, 2.45) is 0 Å². The van der Waals surface area contributed by atoms with E-state index in [1.165, 1.54) is 49.0 Å². The van der Waals surface area contributed by atoms with Crippen molar-refractivity contribution in [2.45, 2.75) is 38.1 Å². The molecule has 1 fully saturated rings. The predicted octanol–water partition coefficient (Wildman–Crippen LogP) is 4.23. The summed E-state index contributed by atoms with van der Waals surface area (Å²) in [6, 6.07) is 16.6. The van der Waals surface area contributed by atoms with Gasteiger partial charge in [0.2, 0.25) is 5.91 Å². The van der Waals surface area contributed by atoms with Crippen molar-refractivity contribution in [3.8, 4) is 5.75 Å². The largest absolute Gasteiger partial charge is 0.497 e. The highest BCUT2D eigenvalue weighted by Gasteiger charge is 2.10. The molecular weight excluding hydrogens is 368 g/mol. The number of ether oxygens (including phenoxy) is 1. The van der Waals surface area contributed by atoms with E-state index < -0.39 is 0 Å². The van der Waals surface area contributed by atoms with Crippen LogP contribution in [0.2, 0.25) is 0 Å². The second-order valence-corrected chi connectivity index (χ2v) is 8.26. The molecule has 1 saturated heterocycles. The second-order valence-electron chi connectivity index (χ2n) is 7.27. The van der Waals surface area contributed by atoms with Crippen LogP contribution in [0, 0.1) is 0 Å². The lowest BCUT2D eigenvalue weighted by atomic mass is 10.1. The van der Waals surface area contributed by atoms with E-state index in [1.807, 2.05) is 24.3 Å². The van der Waals surface area contributed by atoms with Gasteiger partial charge in [0.25, 0.3) is 0 Å². The van der Waals surface area contributed by atoms with E-state index in [1.54, 1.807) is 18.9 Å². The van der Waals surface area contributed by atoms with Crippen molar-refractivity contribution in [3.05, 3.63) is 65.2 Å². The molecule has 1 amide bonds. The number of likely N-dealkylation sites (tertiary alicyclic amines) is 1. The molecule has 1 heterocycles. The standard InChI is InChI=1S/C23H30N2O2S/c1-27-22-10-8-19(9-11-22)17-28-18-23(26)24-15-20-6-5-7-21(14-20)16-25-12-3-2-4-13-25/h5-11,14H,2-4,12-13,15-18H2,1H3,(H,24,26). The number of thioether (sulfide) groups is 1. The molecule has 2 aromatic rings. The average molecular weight is 399 g/mol. The molecule has 4 nitrogen and oxygen atoms in total. The van der Waals surface area contributed by atoms with Crippen LogP contribution in [0.25, 0.3) is 0 Å². The van der Waals surface area contributed by atoms with Gasteiger partial charge in [-0.3, -0.25) is 9.69 Å². The molecule has 0 bridgehead atoms. The molecule has 0 spiro atoms. The Balaban J connectivity index is 1.38. The number of amides is 1. The van der Waals surface area contributed by atoms with Crippen molar-refractivity contribution in [1.29, 1.82) is 0 Å². The summed E-state index contributed by atoms with van der Waals surface area (Å²) < 4.78 is 5.16. The first-order valence-electron chi connectivity index (χ1n) is 10.0. The van der Waals surface area contributed by atoms with Crippen LogP contribution in [0.3, 0.4) is 0 Å². The quantitative estimate of drug-likeness (QED) is 0.686. The molecule has 0 aromatic heterocycles. The molecule has 1 aliphatic rings. The number of nitrogens with one attached hydrogen (secondary N) is 1. The lowest BCUT2D eigenvalue weighted by molar-refractivity contribution is -0.118. The number of piperidine rings is 1. The second kappa shape index (κ2) is 11.1. The van der Waals surface area contributed by atoms with E-state index in [0.29, 0.717) is 12.3 Å². The van der Waals surface area contributed by atoms with Gasteiger partial charge in [-0.15, -0.1) is 11.8 Å². The van der Waals surface area contributed by atoms with E-state index in [9.17, 15) is 4.79 Å². The monoisotopic (exact) mass is 398 g/mol. The molecule has 150 valence electrons. The van der Waals surface area contributed by atoms with Gasteiger partial charge in [-0.1, -0.05) is 42.8 Å². The maximum atomic E-state index is 12.1. The van der Waals surface area contributed by atoms with Crippen LogP contribution < -0.4 is 10.1 Å². The lowest BCUT2D eigenvalue weighted by Crippen LogP contribution is -2.29. The minimum atomic E-state index is 0.0833. The average Bonchev–Trinajstić information content (AvgIpc) is 2.74. The van der Waals surface area contributed by atoms with Crippen LogP contribution >= 0.6 is 11.8 Å². The molecule has 0 saturated carbocycles. The van der Waals surface area contributed by atoms with Crippen LogP contribution in [0.15, 0.2) is 48.5 Å². The lowest BCUT2D eigenvalue weighted by Gasteiger charge is -2.26. The van der Waals surface area contributed by atoms with Crippen LogP contribution in [-0.4, -0.2) is 36.8 Å². The minimum absolute atomic E-state index is 0.0833. The van der Waals surface area contributed by atoms with Gasteiger partial charge in [0, 0.05) is 18.8 Å². The third-order valence-corrected chi connectivity index (χ3v) is 6.00. The molecule has 1 aliphatic heterocycles. The van der Waals surface area contributed by atoms with Crippen molar-refractivity contribution in [2.75, 3.05) is 26.0 Å². The van der Waals surface area contributed by atoms with Crippen molar-refractivity contribution in [1.82, 2.24) is 10.2 Å². The molecule has 3 rings (SSSR count). The van der Waals surface area contributed by atoms with E-state index in [2.05, 4.69) is 34.5 Å². The SMILES string of the molecule is COc1ccc(CSCC(=O)NCc2cccc(CN3CCCCC3)c2)cc1. The minimum Gasteiger partial charge on any atom is -0.497 e. The summed E-state index contributed by atoms with van der Waals surface area (Å²) in [5.41, 5.74) is 3.70. The number of hydrogen-bond acceptors (Lipinski definition) is 4. The van der Waals surface area contributed by atoms with Crippen LogP contribution in [0.5, 0.6) is 5.75 Å². The first kappa shape index (κ1) is 20.7. The van der Waals surface area contributed by atoms with E-state index in [4.69, 9.17) is 4.74 Å². The number of hydrogen-bond donors (Lipinski definition) is 1. The number of rotatable bonds is 9. The van der Waals surface area contributed by atoms with Gasteiger partial charge in [0.05, 0.1) is 12.9 Å². The Kier molecular flexibility index (Phi) is 8.24. The molecular formula is C23H30N2O2S. The Morgan fingerprint density at radius 1 is 1.04 bits per heavy atom. The summed E-state index contributed by atoms with van der Waals surface area (Å²) in [5, 5.41) is 3.04. The molecule has 0 aliphatic carbocycles. The fourth-order valence-corrected chi connectivity index (χ4v) is 4.27. The number of methoxy groups -OCH3 is 1. The molecule has 0 radical (unpaired) electrons. The van der Waals surface area contributed by atoms with Crippen LogP contribution in [0.1, 0.15) is 36.0 Å². The van der Waals surface area contributed by atoms with Gasteiger partial charge in [-0.2, -0.15) is 0 Å². The van der Waals surface area contributed by atoms with Crippen molar-refractivity contribution >= 4 is 17.7 Å². The summed E-state index contributed by atoms with van der Waals surface area (Å²) in [4.78, 5) is 14.7. The summed E-state index contributed by atoms with van der Waals surface area (Å²) in [7, 11) is 1.66. The summed E-state index contributed by atoms with van der Waals surface area (Å²) in [5.74, 6) is 2.23. The molecule has 0 atom stereocenters. The Labute approximate surface area is 172 Å². The maximum absolute atomic E-state index is 12.1. The summed E-state index contributed by atoms with van der Waals surface area (Å²) in [6.45, 7) is 4.01. The Hall–Kier alpha value is -1.98. The van der Waals surface area contributed by atoms with E-state index in [0.717, 1.165) is 18.0 Å². The normalized spacial score (nSPS) is 14.6. The zero-order valence-corrected chi connectivity index (χ0v) is 17.5. The Bertz CT molecular complexity index is 743. The topological polar surface area (TPSA) is 41.6 Å². The van der Waals surface area contributed by atoms with E-state index in [-0.39, 0.29) is 5.91 Å². The van der Waals surface area contributed by atoms with Gasteiger partial charge in [-0.05, 0) is 54.8 Å². The third kappa shape index (κ3) is 6.88. The van der Waals surface area contributed by atoms with Gasteiger partial charge in [-0.25, -0.2) is 0 Å². The molecule has 1 N–H and O–H groups in total. The fraction of sp³-hybridized carbons (Fsp3) is 0.435. The van der Waals surface area contributed by atoms with Crippen LogP contribution in [-0.2, 0) is 23.6 Å². The van der Waals surface area contributed by atoms with Gasteiger partial charge < -0.3 is 10.1 Å². The summed E-state index contributed by atoms with van der Waals surface area (Å²) >= 11 is 1.63. The number of nitrogens with zero attached hydrogens (tertiary/aromatic N) is 1. The first-order chi connectivity index (χ1) is 13.7. The number of carbonyl (C=O) groups excluding carboxylic acids is 1. The predicted molar refractivity (Wildman–Crippen MR) is 117 cm³/mol. The first-order valence-corrected chi connectivity index (χ1v) is 11.2. The molecule has 28 heavy (non-hydrogen) atoms. The Morgan fingerprint density at radius 2 is 1.79 bits per heavy atom. The smallest absolute Gasteiger partial charge is 0.230 e. The zero-order chi connectivity index (χ0) is 19.6. The fourth-order valence-electron chi connectivity index (χ4n) is 3.45. The third-order valence-electron chi connectivity index (χ3n) is 5.00. The van der Waals surface area contributed by atoms with E-state index >= 15 is 0 Å². The van der Waals surface area contributed by atoms with Crippen LogP contribution in [0.4, 0.5) is 0 Å². The van der Waals surface area contributed by atoms with Gasteiger partial charge >= 0.3 is 0 Å². The molecule has 5 heteroatoms. The Morgan fingerprint density at radius 3 is 2.54 bits per heavy atom. The summed E-state index contributed by atoms with van der Waals surface area (Å²) in [6.07, 6.45) is 3.98. The highest BCUT2D eigenvalue weighted by Crippen LogP contribution is 2.17. The highest BCUT2D eigenvalue weighted by atomic mass is 32.2. The maximum Gasteiger partial charge on any atom is 0.230 e. The van der Waals surface area contributed by atoms with Crippen molar-refractivity contribution < 1.29 is 9.53 Å². The molecule has 2 aromatic carbocycles. The number of carbonyl (C=O) groups is 1. The number of benzene rings is 2. The highest BCUT2D eigenvalue weighted by molar-refractivity contribution is 7.99.